The molecule has 0 bridgehead atoms. The van der Waals surface area contributed by atoms with E-state index in [4.69, 9.17) is 21.1 Å². The molecular weight excluding hydrogens is 468 g/mol. The lowest BCUT2D eigenvalue weighted by atomic mass is 9.85. The van der Waals surface area contributed by atoms with E-state index in [0.717, 1.165) is 64.5 Å². The van der Waals surface area contributed by atoms with Crippen molar-refractivity contribution in [2.24, 2.45) is 5.92 Å². The molecule has 0 saturated carbocycles. The fraction of sp³-hybridized carbons (Fsp3) is 0.310. The van der Waals surface area contributed by atoms with Crippen molar-refractivity contribution in [3.63, 3.8) is 0 Å². The first kappa shape index (κ1) is 23.8. The Kier molecular flexibility index (Phi) is 6.81. The lowest BCUT2D eigenvalue weighted by molar-refractivity contribution is 0.0668. The van der Waals surface area contributed by atoms with Crippen LogP contribution in [0.3, 0.4) is 0 Å². The zero-order valence-corrected chi connectivity index (χ0v) is 20.6. The van der Waals surface area contributed by atoms with Crippen LogP contribution in [0, 0.1) is 18.7 Å². The second kappa shape index (κ2) is 10.00. The van der Waals surface area contributed by atoms with E-state index in [-0.39, 0.29) is 24.5 Å². The number of hydrogen-bond acceptors (Lipinski definition) is 3. The summed E-state index contributed by atoms with van der Waals surface area (Å²) in [6, 6.07) is 18.3. The van der Waals surface area contributed by atoms with Crippen LogP contribution in [0.25, 0.3) is 11.1 Å². The van der Waals surface area contributed by atoms with Crippen LogP contribution in [-0.4, -0.2) is 37.8 Å². The van der Waals surface area contributed by atoms with Crippen LogP contribution in [0.1, 0.15) is 35.3 Å². The average Bonchev–Trinajstić information content (AvgIpc) is 2.84. The van der Waals surface area contributed by atoms with Crippen molar-refractivity contribution >= 4 is 22.7 Å². The summed E-state index contributed by atoms with van der Waals surface area (Å²) < 4.78 is 38.7. The third-order valence-electron chi connectivity index (χ3n) is 6.85. The minimum Gasteiger partial charge on any atom is -0.492 e. The minimum atomic E-state index is -0.375. The Labute approximate surface area is 209 Å². The number of alkyl halides is 1. The molecule has 2 heterocycles. The van der Waals surface area contributed by atoms with Gasteiger partial charge in [0, 0.05) is 36.7 Å². The first-order chi connectivity index (χ1) is 16.9. The molecule has 6 heteroatoms. The lowest BCUT2D eigenvalue weighted by Gasteiger charge is -2.37. The van der Waals surface area contributed by atoms with E-state index < -0.39 is 0 Å². The van der Waals surface area contributed by atoms with Gasteiger partial charge in [-0.2, -0.15) is 0 Å². The van der Waals surface area contributed by atoms with Crippen molar-refractivity contribution in [1.82, 2.24) is 4.90 Å². The van der Waals surface area contributed by atoms with Gasteiger partial charge in [0.2, 0.25) is 0 Å². The van der Waals surface area contributed by atoms with E-state index >= 15 is 0 Å². The first-order valence-corrected chi connectivity index (χ1v) is 12.3. The van der Waals surface area contributed by atoms with Gasteiger partial charge in [-0.15, -0.1) is 0 Å². The van der Waals surface area contributed by atoms with Crippen LogP contribution in [0.15, 0.2) is 60.7 Å². The quantitative estimate of drug-likeness (QED) is 0.348. The fourth-order valence-corrected chi connectivity index (χ4v) is 5.15. The van der Waals surface area contributed by atoms with Crippen molar-refractivity contribution in [2.45, 2.75) is 20.0 Å². The van der Waals surface area contributed by atoms with Crippen molar-refractivity contribution in [1.29, 1.82) is 0 Å². The van der Waals surface area contributed by atoms with Gasteiger partial charge in [-0.25, -0.2) is 4.39 Å². The molecule has 3 aromatic carbocycles. The number of ether oxygens (including phenoxy) is 2. The van der Waals surface area contributed by atoms with E-state index in [1.165, 1.54) is 12.1 Å². The van der Waals surface area contributed by atoms with Crippen molar-refractivity contribution < 1.29 is 18.3 Å². The van der Waals surface area contributed by atoms with Gasteiger partial charge < -0.3 is 9.47 Å². The molecule has 0 amide bonds. The molecule has 3 nitrogen and oxygen atoms in total. The van der Waals surface area contributed by atoms with Crippen LogP contribution in [0.4, 0.5) is 8.78 Å². The van der Waals surface area contributed by atoms with Crippen LogP contribution >= 0.6 is 11.6 Å². The maximum Gasteiger partial charge on any atom is 0.150 e. The number of rotatable bonds is 7. The molecule has 3 aromatic rings. The average molecular weight is 496 g/mol. The largest absolute Gasteiger partial charge is 0.492 e. The molecule has 2 aliphatic heterocycles. The van der Waals surface area contributed by atoms with E-state index in [1.807, 2.05) is 50.2 Å². The van der Waals surface area contributed by atoms with Gasteiger partial charge in [0.15, 0.2) is 0 Å². The normalized spacial score (nSPS) is 18.1. The van der Waals surface area contributed by atoms with Gasteiger partial charge in [0.25, 0.3) is 0 Å². The summed E-state index contributed by atoms with van der Waals surface area (Å²) in [5, 5.41) is 0.668. The Morgan fingerprint density at radius 2 is 1.71 bits per heavy atom. The summed E-state index contributed by atoms with van der Waals surface area (Å²) in [7, 11) is 0. The summed E-state index contributed by atoms with van der Waals surface area (Å²) in [6.45, 7) is 6.73. The zero-order chi connectivity index (χ0) is 24.5. The summed E-state index contributed by atoms with van der Waals surface area (Å²) in [4.78, 5) is 2.20. The number of likely N-dealkylation sites (tertiary alicyclic amines) is 1. The third kappa shape index (κ3) is 4.80. The molecule has 1 saturated heterocycles. The molecular formula is C29H28ClF2NO2. The fourth-order valence-electron chi connectivity index (χ4n) is 4.85. The predicted octanol–water partition coefficient (Wildman–Crippen LogP) is 7.13. The van der Waals surface area contributed by atoms with Gasteiger partial charge in [0.1, 0.15) is 30.0 Å². The first-order valence-electron chi connectivity index (χ1n) is 11.9. The monoisotopic (exact) mass is 495 g/mol. The van der Waals surface area contributed by atoms with Crippen molar-refractivity contribution in [3.8, 4) is 11.5 Å². The zero-order valence-electron chi connectivity index (χ0n) is 19.9. The molecule has 1 atom stereocenters. The molecule has 0 aromatic heterocycles. The highest BCUT2D eigenvalue weighted by Crippen LogP contribution is 2.49. The number of nitrogens with zero attached hydrogens (tertiary/aromatic N) is 1. The highest BCUT2D eigenvalue weighted by atomic mass is 35.5. The highest BCUT2D eigenvalue weighted by molar-refractivity contribution is 6.33. The molecule has 0 spiro atoms. The number of allylic oxidation sites excluding steroid dienone is 1. The Morgan fingerprint density at radius 3 is 2.40 bits per heavy atom. The molecule has 1 fully saturated rings. The number of fused-ring (bicyclic) bond motifs is 1. The van der Waals surface area contributed by atoms with Crippen LogP contribution in [-0.2, 0) is 0 Å². The number of aryl methyl sites for hydroxylation is 1. The molecule has 0 radical (unpaired) electrons. The van der Waals surface area contributed by atoms with Gasteiger partial charge in [-0.1, -0.05) is 41.9 Å². The van der Waals surface area contributed by atoms with E-state index in [9.17, 15) is 8.78 Å². The summed E-state index contributed by atoms with van der Waals surface area (Å²) in [6.07, 6.45) is -0.375. The number of benzene rings is 3. The molecule has 5 rings (SSSR count). The van der Waals surface area contributed by atoms with Crippen molar-refractivity contribution in [2.75, 3.05) is 32.9 Å². The Bertz CT molecular complexity index is 1230. The van der Waals surface area contributed by atoms with E-state index in [2.05, 4.69) is 4.90 Å². The smallest absolute Gasteiger partial charge is 0.150 e. The van der Waals surface area contributed by atoms with E-state index in [1.54, 1.807) is 12.1 Å². The molecule has 0 unspecified atom stereocenters. The second-order valence-electron chi connectivity index (χ2n) is 9.31. The topological polar surface area (TPSA) is 21.7 Å². The standard InChI is InChI=1S/C29H28ClF2NO2/c1-18-3-12-25-27(28(18)30)19(2)26(21-4-8-23(32)9-5-21)29(35-25)22-6-10-24(11-7-22)34-14-13-33-16-20(15-31)17-33/h3-12,20,29H,13-17H2,1-2H3/t29-/m1/s1. The molecule has 0 N–H and O–H groups in total. The number of halogens is 3. The maximum atomic E-state index is 13.7. The second-order valence-corrected chi connectivity index (χ2v) is 9.69. The molecule has 2 aliphatic rings. The van der Waals surface area contributed by atoms with Crippen molar-refractivity contribution in [3.05, 3.63) is 93.8 Å². The molecule has 182 valence electrons. The Hall–Kier alpha value is -2.89. The van der Waals surface area contributed by atoms with Gasteiger partial charge in [0.05, 0.1) is 11.7 Å². The lowest BCUT2D eigenvalue weighted by Crippen LogP contribution is -2.49. The van der Waals surface area contributed by atoms with Crippen LogP contribution in [0.5, 0.6) is 11.5 Å². The van der Waals surface area contributed by atoms with Crippen LogP contribution in [0.2, 0.25) is 5.02 Å². The SMILES string of the molecule is CC1=C(c2ccc(F)cc2)[C@@H](c2ccc(OCCN3CC(CF)C3)cc2)Oc2ccc(C)c(Cl)c21. The molecule has 35 heavy (non-hydrogen) atoms. The number of hydrogen-bond donors (Lipinski definition) is 0. The van der Waals surface area contributed by atoms with Gasteiger partial charge in [-0.05, 0) is 66.4 Å². The Morgan fingerprint density at radius 1 is 1.00 bits per heavy atom. The van der Waals surface area contributed by atoms with Gasteiger partial charge in [-0.3, -0.25) is 9.29 Å². The molecule has 0 aliphatic carbocycles. The van der Waals surface area contributed by atoms with Crippen LogP contribution < -0.4 is 9.47 Å². The highest BCUT2D eigenvalue weighted by Gasteiger charge is 2.31. The summed E-state index contributed by atoms with van der Waals surface area (Å²) in [5.41, 5.74) is 5.68. The predicted molar refractivity (Wildman–Crippen MR) is 136 cm³/mol. The van der Waals surface area contributed by atoms with E-state index in [0.29, 0.717) is 11.6 Å². The third-order valence-corrected chi connectivity index (χ3v) is 7.34. The summed E-state index contributed by atoms with van der Waals surface area (Å²) >= 11 is 6.69. The van der Waals surface area contributed by atoms with Gasteiger partial charge >= 0.3 is 0 Å². The maximum absolute atomic E-state index is 13.7. The minimum absolute atomic E-state index is 0.181. The Balaban J connectivity index is 1.40. The summed E-state index contributed by atoms with van der Waals surface area (Å²) in [5.74, 6) is 1.40.